The third-order valence-corrected chi connectivity index (χ3v) is 4.50. The van der Waals surface area contributed by atoms with Crippen LogP contribution >= 0.6 is 11.6 Å². The second-order valence-electron chi connectivity index (χ2n) is 5.68. The van der Waals surface area contributed by atoms with Crippen molar-refractivity contribution in [2.75, 3.05) is 38.8 Å². The first-order chi connectivity index (χ1) is 12.2. The van der Waals surface area contributed by atoms with Crippen molar-refractivity contribution in [3.63, 3.8) is 0 Å². The molecule has 0 fully saturated rings. The third kappa shape index (κ3) is 3.51. The summed E-state index contributed by atoms with van der Waals surface area (Å²) in [4.78, 5) is 14.4. The fourth-order valence-corrected chi connectivity index (χ4v) is 3.26. The highest BCUT2D eigenvalue weighted by Gasteiger charge is 2.30. The van der Waals surface area contributed by atoms with Gasteiger partial charge >= 0.3 is 5.97 Å². The number of hydrogen-bond acceptors (Lipinski definition) is 5. The quantitative estimate of drug-likeness (QED) is 0.762. The highest BCUT2D eigenvalue weighted by atomic mass is 35.5. The molecule has 1 aliphatic heterocycles. The molecule has 0 radical (unpaired) electrons. The van der Waals surface area contributed by atoms with E-state index < -0.39 is 5.97 Å². The SMILES string of the molecule is COC(=O)c1c(OC)c(Cl)cc2c1OCCN2CCc1ccccc1. The number of benzene rings is 2. The fourth-order valence-electron chi connectivity index (χ4n) is 2.99. The maximum Gasteiger partial charge on any atom is 0.345 e. The van der Waals surface area contributed by atoms with Crippen LogP contribution in [0.1, 0.15) is 15.9 Å². The number of esters is 1. The van der Waals surface area contributed by atoms with Crippen molar-refractivity contribution in [1.29, 1.82) is 0 Å². The van der Waals surface area contributed by atoms with Gasteiger partial charge in [0.15, 0.2) is 11.5 Å². The lowest BCUT2D eigenvalue weighted by Gasteiger charge is -2.33. The lowest BCUT2D eigenvalue weighted by Crippen LogP contribution is -2.35. The lowest BCUT2D eigenvalue weighted by molar-refractivity contribution is 0.0591. The molecule has 0 amide bonds. The van der Waals surface area contributed by atoms with E-state index in [2.05, 4.69) is 17.0 Å². The first kappa shape index (κ1) is 17.4. The Kier molecular flexibility index (Phi) is 5.34. The molecule has 0 unspecified atom stereocenters. The molecule has 1 aliphatic rings. The number of methoxy groups -OCH3 is 2. The average Bonchev–Trinajstić information content (AvgIpc) is 2.65. The molecule has 0 aliphatic carbocycles. The van der Waals surface area contributed by atoms with E-state index in [9.17, 15) is 4.79 Å². The molecule has 3 rings (SSSR count). The van der Waals surface area contributed by atoms with E-state index in [1.165, 1.54) is 19.8 Å². The van der Waals surface area contributed by atoms with E-state index in [0.717, 1.165) is 25.2 Å². The molecule has 0 saturated heterocycles. The van der Waals surface area contributed by atoms with Crippen LogP contribution in [0.5, 0.6) is 11.5 Å². The molecule has 5 nitrogen and oxygen atoms in total. The summed E-state index contributed by atoms with van der Waals surface area (Å²) in [6.45, 7) is 2.00. The van der Waals surface area contributed by atoms with Gasteiger partial charge in [0.25, 0.3) is 0 Å². The van der Waals surface area contributed by atoms with Gasteiger partial charge in [-0.25, -0.2) is 4.79 Å². The summed E-state index contributed by atoms with van der Waals surface area (Å²) in [6, 6.07) is 12.0. The molecule has 0 atom stereocenters. The van der Waals surface area contributed by atoms with E-state index in [4.69, 9.17) is 25.8 Å². The summed E-state index contributed by atoms with van der Waals surface area (Å²) in [5.41, 5.74) is 2.27. The minimum absolute atomic E-state index is 0.233. The van der Waals surface area contributed by atoms with Crippen molar-refractivity contribution in [2.24, 2.45) is 0 Å². The summed E-state index contributed by atoms with van der Waals surface area (Å²) in [7, 11) is 2.79. The summed E-state index contributed by atoms with van der Waals surface area (Å²) in [6.07, 6.45) is 0.886. The summed E-state index contributed by atoms with van der Waals surface area (Å²) in [5, 5.41) is 0.358. The number of carbonyl (C=O) groups excluding carboxylic acids is 1. The number of rotatable bonds is 5. The van der Waals surface area contributed by atoms with Gasteiger partial charge in [0.1, 0.15) is 12.2 Å². The van der Waals surface area contributed by atoms with Crippen molar-refractivity contribution < 1.29 is 19.0 Å². The van der Waals surface area contributed by atoms with Crippen LogP contribution in [0.25, 0.3) is 0 Å². The Hall–Kier alpha value is -2.40. The van der Waals surface area contributed by atoms with Crippen LogP contribution in [-0.2, 0) is 11.2 Å². The number of fused-ring (bicyclic) bond motifs is 1. The maximum atomic E-state index is 12.2. The molecule has 1 heterocycles. The van der Waals surface area contributed by atoms with Crippen molar-refractivity contribution in [1.82, 2.24) is 0 Å². The number of hydrogen-bond donors (Lipinski definition) is 0. The largest absolute Gasteiger partial charge is 0.494 e. The highest BCUT2D eigenvalue weighted by Crippen LogP contribution is 2.45. The average molecular weight is 362 g/mol. The van der Waals surface area contributed by atoms with E-state index >= 15 is 0 Å². The molecule has 25 heavy (non-hydrogen) atoms. The number of nitrogens with zero attached hydrogens (tertiary/aromatic N) is 1. The molecule has 2 aromatic rings. The Labute approximate surface area is 152 Å². The van der Waals surface area contributed by atoms with Crippen LogP contribution in [0.3, 0.4) is 0 Å². The standard InChI is InChI=1S/C19H20ClNO4/c1-23-17-14(20)12-15-18(16(17)19(22)24-2)25-11-10-21(15)9-8-13-6-4-3-5-7-13/h3-7,12H,8-11H2,1-2H3. The van der Waals surface area contributed by atoms with Crippen molar-refractivity contribution in [2.45, 2.75) is 6.42 Å². The molecule has 0 aromatic heterocycles. The predicted octanol–water partition coefficient (Wildman–Crippen LogP) is 3.58. The number of halogens is 1. The smallest absolute Gasteiger partial charge is 0.345 e. The molecule has 0 saturated carbocycles. The van der Waals surface area contributed by atoms with Gasteiger partial charge in [-0.05, 0) is 18.1 Å². The van der Waals surface area contributed by atoms with Gasteiger partial charge < -0.3 is 19.1 Å². The Balaban J connectivity index is 1.95. The van der Waals surface area contributed by atoms with Crippen LogP contribution in [-0.4, -0.2) is 39.9 Å². The Morgan fingerprint density at radius 3 is 2.72 bits per heavy atom. The molecule has 132 valence electrons. The van der Waals surface area contributed by atoms with Crippen LogP contribution < -0.4 is 14.4 Å². The monoisotopic (exact) mass is 361 g/mol. The van der Waals surface area contributed by atoms with Gasteiger partial charge in [-0.15, -0.1) is 0 Å². The zero-order valence-corrected chi connectivity index (χ0v) is 15.0. The molecule has 0 spiro atoms. The Morgan fingerprint density at radius 1 is 1.28 bits per heavy atom. The van der Waals surface area contributed by atoms with Gasteiger partial charge in [-0.3, -0.25) is 0 Å². The fraction of sp³-hybridized carbons (Fsp3) is 0.316. The molecule has 0 N–H and O–H groups in total. The zero-order valence-electron chi connectivity index (χ0n) is 14.3. The van der Waals surface area contributed by atoms with E-state index in [1.54, 1.807) is 6.07 Å². The highest BCUT2D eigenvalue weighted by molar-refractivity contribution is 6.33. The lowest BCUT2D eigenvalue weighted by atomic mass is 10.1. The second kappa shape index (κ2) is 7.66. The maximum absolute atomic E-state index is 12.2. The summed E-state index contributed by atoms with van der Waals surface area (Å²) >= 11 is 6.34. The predicted molar refractivity (Wildman–Crippen MR) is 97.2 cm³/mol. The number of ether oxygens (including phenoxy) is 3. The Morgan fingerprint density at radius 2 is 2.04 bits per heavy atom. The summed E-state index contributed by atoms with van der Waals surface area (Å²) < 4.78 is 16.0. The van der Waals surface area contributed by atoms with Crippen LogP contribution in [0.15, 0.2) is 36.4 Å². The zero-order chi connectivity index (χ0) is 17.8. The molecule has 6 heteroatoms. The van der Waals surface area contributed by atoms with Gasteiger partial charge in [0, 0.05) is 6.54 Å². The first-order valence-corrected chi connectivity index (χ1v) is 8.44. The normalized spacial score (nSPS) is 13.0. The van der Waals surface area contributed by atoms with E-state index in [0.29, 0.717) is 17.4 Å². The third-order valence-electron chi connectivity index (χ3n) is 4.22. The minimum atomic E-state index is -0.527. The van der Waals surface area contributed by atoms with Gasteiger partial charge in [-0.2, -0.15) is 0 Å². The number of carbonyl (C=O) groups is 1. The molecular weight excluding hydrogens is 342 g/mol. The number of anilines is 1. The molecule has 0 bridgehead atoms. The first-order valence-electron chi connectivity index (χ1n) is 8.06. The van der Waals surface area contributed by atoms with Crippen molar-refractivity contribution >= 4 is 23.3 Å². The summed E-state index contributed by atoms with van der Waals surface area (Å²) in [5.74, 6) is 0.213. The van der Waals surface area contributed by atoms with Gasteiger partial charge in [-0.1, -0.05) is 41.9 Å². The van der Waals surface area contributed by atoms with Gasteiger partial charge in [0.2, 0.25) is 0 Å². The second-order valence-corrected chi connectivity index (χ2v) is 6.08. The minimum Gasteiger partial charge on any atom is -0.494 e. The van der Waals surface area contributed by atoms with Crippen LogP contribution in [0.2, 0.25) is 5.02 Å². The molecule has 2 aromatic carbocycles. The van der Waals surface area contributed by atoms with E-state index in [1.807, 2.05) is 18.2 Å². The van der Waals surface area contributed by atoms with Crippen LogP contribution in [0.4, 0.5) is 5.69 Å². The van der Waals surface area contributed by atoms with E-state index in [-0.39, 0.29) is 11.3 Å². The van der Waals surface area contributed by atoms with Crippen molar-refractivity contribution in [3.05, 3.63) is 52.5 Å². The molecular formula is C19H20ClNO4. The van der Waals surface area contributed by atoms with Crippen LogP contribution in [0, 0.1) is 0 Å². The van der Waals surface area contributed by atoms with Gasteiger partial charge in [0.05, 0.1) is 31.5 Å². The van der Waals surface area contributed by atoms with Crippen molar-refractivity contribution in [3.8, 4) is 11.5 Å². The topological polar surface area (TPSA) is 48.0 Å². The Bertz CT molecular complexity index is 764.